The number of nitrogens with one attached hydrogen (secondary N) is 1. The summed E-state index contributed by atoms with van der Waals surface area (Å²) in [6.07, 6.45) is 1.53. The number of hydrogen-bond acceptors (Lipinski definition) is 3. The van der Waals surface area contributed by atoms with E-state index in [1.54, 1.807) is 12.1 Å². The second-order valence-corrected chi connectivity index (χ2v) is 5.03. The van der Waals surface area contributed by atoms with Crippen LogP contribution in [-0.2, 0) is 0 Å². The molecule has 1 atom stereocenters. The lowest BCUT2D eigenvalue weighted by Gasteiger charge is -2.28. The summed E-state index contributed by atoms with van der Waals surface area (Å²) in [7, 11) is 0. The zero-order valence-corrected chi connectivity index (χ0v) is 10.2. The van der Waals surface area contributed by atoms with Crippen LogP contribution in [0, 0.1) is 5.41 Å². The van der Waals surface area contributed by atoms with Crippen LogP contribution >= 0.6 is 0 Å². The Labute approximate surface area is 96.3 Å². The van der Waals surface area contributed by atoms with E-state index in [1.165, 1.54) is 6.20 Å². The minimum atomic E-state index is -0.114. The van der Waals surface area contributed by atoms with E-state index < -0.39 is 0 Å². The van der Waals surface area contributed by atoms with Crippen molar-refractivity contribution in [3.05, 3.63) is 23.9 Å². The van der Waals surface area contributed by atoms with Crippen LogP contribution in [0.15, 0.2) is 18.3 Å². The molecule has 0 saturated carbocycles. The summed E-state index contributed by atoms with van der Waals surface area (Å²) in [6, 6.07) is 3.32. The normalized spacial score (nSPS) is 13.2. The fourth-order valence-corrected chi connectivity index (χ4v) is 1.09. The number of nitrogens with zero attached hydrogens (tertiary/aromatic N) is 1. The molecule has 1 aromatic heterocycles. The number of nitrogens with two attached hydrogens (primary N) is 1. The van der Waals surface area contributed by atoms with E-state index in [0.717, 1.165) is 0 Å². The van der Waals surface area contributed by atoms with Gasteiger partial charge in [0, 0.05) is 17.8 Å². The average molecular weight is 221 g/mol. The van der Waals surface area contributed by atoms with E-state index in [4.69, 9.17) is 5.73 Å². The SMILES string of the molecule is CC(NC(=O)c1ccnc(N)c1)C(C)(C)C. The highest BCUT2D eigenvalue weighted by Crippen LogP contribution is 2.18. The monoisotopic (exact) mass is 221 g/mol. The van der Waals surface area contributed by atoms with Gasteiger partial charge in [0.25, 0.3) is 5.91 Å². The Morgan fingerprint density at radius 2 is 2.12 bits per heavy atom. The van der Waals surface area contributed by atoms with Crippen molar-refractivity contribution in [2.24, 2.45) is 5.41 Å². The zero-order valence-electron chi connectivity index (χ0n) is 10.2. The molecule has 0 spiro atoms. The average Bonchev–Trinajstić information content (AvgIpc) is 2.16. The molecule has 1 amide bonds. The molecule has 1 aromatic rings. The Bertz CT molecular complexity index is 382. The van der Waals surface area contributed by atoms with Crippen LogP contribution < -0.4 is 11.1 Å². The van der Waals surface area contributed by atoms with Crippen LogP contribution in [0.3, 0.4) is 0 Å². The summed E-state index contributed by atoms with van der Waals surface area (Å²) in [6.45, 7) is 8.24. The van der Waals surface area contributed by atoms with Crippen LogP contribution in [0.5, 0.6) is 0 Å². The van der Waals surface area contributed by atoms with Crippen LogP contribution in [0.25, 0.3) is 0 Å². The summed E-state index contributed by atoms with van der Waals surface area (Å²) in [5.41, 5.74) is 6.10. The minimum absolute atomic E-state index is 0.0359. The van der Waals surface area contributed by atoms with Crippen molar-refractivity contribution in [3.8, 4) is 0 Å². The van der Waals surface area contributed by atoms with Gasteiger partial charge in [0.1, 0.15) is 5.82 Å². The van der Waals surface area contributed by atoms with Gasteiger partial charge in [0.05, 0.1) is 0 Å². The second-order valence-electron chi connectivity index (χ2n) is 5.03. The molecule has 1 rings (SSSR count). The maximum Gasteiger partial charge on any atom is 0.251 e. The van der Waals surface area contributed by atoms with Gasteiger partial charge in [-0.25, -0.2) is 4.98 Å². The van der Waals surface area contributed by atoms with Gasteiger partial charge in [-0.15, -0.1) is 0 Å². The van der Waals surface area contributed by atoms with Crippen LogP contribution in [0.4, 0.5) is 5.82 Å². The molecular weight excluding hydrogens is 202 g/mol. The third kappa shape index (κ3) is 3.22. The molecule has 0 radical (unpaired) electrons. The number of aromatic nitrogens is 1. The minimum Gasteiger partial charge on any atom is -0.384 e. The molecule has 1 unspecified atom stereocenters. The van der Waals surface area contributed by atoms with Crippen molar-refractivity contribution in [1.82, 2.24) is 10.3 Å². The Morgan fingerprint density at radius 1 is 1.50 bits per heavy atom. The lowest BCUT2D eigenvalue weighted by Crippen LogP contribution is -2.41. The molecule has 0 aliphatic carbocycles. The van der Waals surface area contributed by atoms with E-state index in [2.05, 4.69) is 31.1 Å². The summed E-state index contributed by atoms with van der Waals surface area (Å²) < 4.78 is 0. The molecule has 0 saturated heterocycles. The standard InChI is InChI=1S/C12H19N3O/c1-8(12(2,3)4)15-11(16)9-5-6-14-10(13)7-9/h5-8H,1-4H3,(H2,13,14)(H,15,16). The van der Waals surface area contributed by atoms with Gasteiger partial charge in [-0.05, 0) is 24.5 Å². The number of hydrogen-bond donors (Lipinski definition) is 2. The van der Waals surface area contributed by atoms with E-state index in [0.29, 0.717) is 11.4 Å². The van der Waals surface area contributed by atoms with Gasteiger partial charge in [-0.3, -0.25) is 4.79 Å². The largest absolute Gasteiger partial charge is 0.384 e. The first-order chi connectivity index (χ1) is 7.30. The Hall–Kier alpha value is -1.58. The van der Waals surface area contributed by atoms with Crippen molar-refractivity contribution in [2.45, 2.75) is 33.7 Å². The van der Waals surface area contributed by atoms with Crippen LogP contribution in [0.1, 0.15) is 38.1 Å². The predicted molar refractivity (Wildman–Crippen MR) is 65.0 cm³/mol. The number of anilines is 1. The van der Waals surface area contributed by atoms with Crippen molar-refractivity contribution >= 4 is 11.7 Å². The number of carbonyl (C=O) groups excluding carboxylic acids is 1. The van der Waals surface area contributed by atoms with Crippen LogP contribution in [0.2, 0.25) is 0 Å². The van der Waals surface area contributed by atoms with Gasteiger partial charge in [-0.1, -0.05) is 20.8 Å². The highest BCUT2D eigenvalue weighted by molar-refractivity contribution is 5.94. The number of amides is 1. The smallest absolute Gasteiger partial charge is 0.251 e. The van der Waals surface area contributed by atoms with E-state index >= 15 is 0 Å². The van der Waals surface area contributed by atoms with Gasteiger partial charge in [0.2, 0.25) is 0 Å². The first-order valence-electron chi connectivity index (χ1n) is 5.33. The topological polar surface area (TPSA) is 68.0 Å². The number of nitrogen functional groups attached to an aromatic ring is 1. The Balaban J connectivity index is 2.74. The molecule has 3 N–H and O–H groups in total. The molecule has 0 aliphatic heterocycles. The molecular formula is C12H19N3O. The summed E-state index contributed by atoms with van der Waals surface area (Å²) >= 11 is 0. The lowest BCUT2D eigenvalue weighted by atomic mass is 9.88. The summed E-state index contributed by atoms with van der Waals surface area (Å²) in [5, 5.41) is 2.94. The highest BCUT2D eigenvalue weighted by atomic mass is 16.1. The van der Waals surface area contributed by atoms with Crippen molar-refractivity contribution in [1.29, 1.82) is 0 Å². The highest BCUT2D eigenvalue weighted by Gasteiger charge is 2.22. The van der Waals surface area contributed by atoms with Crippen molar-refractivity contribution in [2.75, 3.05) is 5.73 Å². The van der Waals surface area contributed by atoms with Crippen LogP contribution in [-0.4, -0.2) is 16.9 Å². The molecule has 4 heteroatoms. The van der Waals surface area contributed by atoms with E-state index in [1.807, 2.05) is 6.92 Å². The number of rotatable bonds is 2. The van der Waals surface area contributed by atoms with Gasteiger partial charge < -0.3 is 11.1 Å². The third-order valence-electron chi connectivity index (χ3n) is 2.69. The van der Waals surface area contributed by atoms with E-state index in [-0.39, 0.29) is 17.4 Å². The zero-order chi connectivity index (χ0) is 12.3. The first kappa shape index (κ1) is 12.5. The number of carbonyl (C=O) groups is 1. The maximum absolute atomic E-state index is 11.9. The lowest BCUT2D eigenvalue weighted by molar-refractivity contribution is 0.0910. The molecule has 16 heavy (non-hydrogen) atoms. The second kappa shape index (κ2) is 4.51. The molecule has 0 aliphatic rings. The first-order valence-corrected chi connectivity index (χ1v) is 5.33. The molecule has 0 bridgehead atoms. The van der Waals surface area contributed by atoms with Gasteiger partial charge >= 0.3 is 0 Å². The van der Waals surface area contributed by atoms with Gasteiger partial charge in [0.15, 0.2) is 0 Å². The molecule has 0 aromatic carbocycles. The predicted octanol–water partition coefficient (Wildman–Crippen LogP) is 1.83. The molecule has 0 fully saturated rings. The van der Waals surface area contributed by atoms with Crippen molar-refractivity contribution in [3.63, 3.8) is 0 Å². The Morgan fingerprint density at radius 3 is 2.62 bits per heavy atom. The molecule has 88 valence electrons. The number of pyridine rings is 1. The molecule has 1 heterocycles. The third-order valence-corrected chi connectivity index (χ3v) is 2.69. The maximum atomic E-state index is 11.9. The fraction of sp³-hybridized carbons (Fsp3) is 0.500. The summed E-state index contributed by atoms with van der Waals surface area (Å²) in [4.78, 5) is 15.7. The van der Waals surface area contributed by atoms with E-state index in [9.17, 15) is 4.79 Å². The Kier molecular flexibility index (Phi) is 3.52. The van der Waals surface area contributed by atoms with Gasteiger partial charge in [-0.2, -0.15) is 0 Å². The summed E-state index contributed by atoms with van der Waals surface area (Å²) in [5.74, 6) is 0.243. The fourth-order valence-electron chi connectivity index (χ4n) is 1.09. The quantitative estimate of drug-likeness (QED) is 0.800. The molecule has 4 nitrogen and oxygen atoms in total. The van der Waals surface area contributed by atoms with Crippen molar-refractivity contribution < 1.29 is 4.79 Å².